The van der Waals surface area contributed by atoms with Crippen LogP contribution in [0.15, 0.2) is 53.1 Å². The number of rotatable bonds is 7. The Morgan fingerprint density at radius 2 is 1.93 bits per heavy atom. The molecule has 0 spiro atoms. The van der Waals surface area contributed by atoms with Gasteiger partial charge in [-0.1, -0.05) is 25.1 Å². The number of nitrogens with one attached hydrogen (secondary N) is 1. The lowest BCUT2D eigenvalue weighted by atomic mass is 10.0. The standard InChI is InChI=1S/C20H20N4O5/c1-12(2)17(21-19(25)14-5-4-6-15(11-14)24(26)27)20-22-18(23-29-20)13-7-9-16(28-3)10-8-13/h4-12,17H,1-3H3,(H,21,25)/t17-/m1/s1. The summed E-state index contributed by atoms with van der Waals surface area (Å²) < 4.78 is 10.5. The van der Waals surface area contributed by atoms with Gasteiger partial charge in [-0.3, -0.25) is 14.9 Å². The third kappa shape index (κ3) is 4.57. The Morgan fingerprint density at radius 3 is 2.55 bits per heavy atom. The molecule has 0 aliphatic heterocycles. The molecule has 3 aromatic rings. The second-order valence-electron chi connectivity index (χ2n) is 6.69. The first-order valence-corrected chi connectivity index (χ1v) is 8.92. The highest BCUT2D eigenvalue weighted by Gasteiger charge is 2.26. The molecule has 0 aliphatic rings. The van der Waals surface area contributed by atoms with Gasteiger partial charge in [0.1, 0.15) is 11.8 Å². The molecule has 1 aromatic heterocycles. The topological polar surface area (TPSA) is 120 Å². The van der Waals surface area contributed by atoms with Crippen molar-refractivity contribution in [2.24, 2.45) is 5.92 Å². The van der Waals surface area contributed by atoms with Gasteiger partial charge in [-0.25, -0.2) is 0 Å². The van der Waals surface area contributed by atoms with Gasteiger partial charge in [0, 0.05) is 23.3 Å². The molecule has 3 rings (SSSR count). The number of benzene rings is 2. The molecule has 2 aromatic carbocycles. The van der Waals surface area contributed by atoms with Crippen LogP contribution in [0.1, 0.15) is 36.1 Å². The summed E-state index contributed by atoms with van der Waals surface area (Å²) in [6, 6.07) is 12.2. The Bertz CT molecular complexity index is 1010. The predicted octanol–water partition coefficient (Wildman–Crippen LogP) is 3.78. The molecule has 1 heterocycles. The third-order valence-corrected chi connectivity index (χ3v) is 4.33. The number of nitro benzene ring substituents is 1. The molecule has 29 heavy (non-hydrogen) atoms. The number of amides is 1. The number of methoxy groups -OCH3 is 1. The van der Waals surface area contributed by atoms with Gasteiger partial charge >= 0.3 is 0 Å². The molecule has 0 saturated carbocycles. The van der Waals surface area contributed by atoms with Gasteiger partial charge < -0.3 is 14.6 Å². The molecular weight excluding hydrogens is 376 g/mol. The lowest BCUT2D eigenvalue weighted by molar-refractivity contribution is -0.384. The van der Waals surface area contributed by atoms with Crippen LogP contribution < -0.4 is 10.1 Å². The van der Waals surface area contributed by atoms with E-state index in [9.17, 15) is 14.9 Å². The van der Waals surface area contributed by atoms with E-state index in [2.05, 4.69) is 15.5 Å². The molecule has 0 bridgehead atoms. The van der Waals surface area contributed by atoms with Crippen molar-refractivity contribution in [2.75, 3.05) is 7.11 Å². The van der Waals surface area contributed by atoms with Gasteiger partial charge in [0.15, 0.2) is 0 Å². The molecule has 0 unspecified atom stereocenters. The number of carbonyl (C=O) groups excluding carboxylic acids is 1. The zero-order valence-electron chi connectivity index (χ0n) is 16.2. The van der Waals surface area contributed by atoms with Gasteiger partial charge in [-0.2, -0.15) is 4.98 Å². The third-order valence-electron chi connectivity index (χ3n) is 4.33. The Morgan fingerprint density at radius 1 is 1.21 bits per heavy atom. The Balaban J connectivity index is 1.81. The highest BCUT2D eigenvalue weighted by Crippen LogP contribution is 2.25. The maximum atomic E-state index is 12.6. The first-order chi connectivity index (χ1) is 13.9. The smallest absolute Gasteiger partial charge is 0.270 e. The second-order valence-corrected chi connectivity index (χ2v) is 6.69. The van der Waals surface area contributed by atoms with Crippen LogP contribution in [0.4, 0.5) is 5.69 Å². The molecule has 0 fully saturated rings. The minimum atomic E-state index is -0.554. The Labute approximate surface area is 166 Å². The summed E-state index contributed by atoms with van der Waals surface area (Å²) in [7, 11) is 1.58. The van der Waals surface area contributed by atoms with Crippen LogP contribution >= 0.6 is 0 Å². The summed E-state index contributed by atoms with van der Waals surface area (Å²) in [6.45, 7) is 3.80. The van der Waals surface area contributed by atoms with E-state index >= 15 is 0 Å². The summed E-state index contributed by atoms with van der Waals surface area (Å²) in [5, 5.41) is 17.8. The van der Waals surface area contributed by atoms with E-state index in [0.717, 1.165) is 5.56 Å². The van der Waals surface area contributed by atoms with Crippen molar-refractivity contribution < 1.29 is 19.0 Å². The van der Waals surface area contributed by atoms with Crippen LogP contribution in [0, 0.1) is 16.0 Å². The fourth-order valence-electron chi connectivity index (χ4n) is 2.72. The van der Waals surface area contributed by atoms with Crippen LogP contribution in [0.5, 0.6) is 5.75 Å². The number of non-ortho nitro benzene ring substituents is 1. The molecule has 1 atom stereocenters. The number of aromatic nitrogens is 2. The molecule has 9 heteroatoms. The first kappa shape index (κ1) is 20.0. The zero-order chi connectivity index (χ0) is 21.0. The first-order valence-electron chi connectivity index (χ1n) is 8.92. The Hall–Kier alpha value is -3.75. The van der Waals surface area contributed by atoms with Gasteiger partial charge in [0.05, 0.1) is 12.0 Å². The van der Waals surface area contributed by atoms with Gasteiger partial charge in [0.25, 0.3) is 11.6 Å². The van der Waals surface area contributed by atoms with E-state index in [0.29, 0.717) is 11.6 Å². The van der Waals surface area contributed by atoms with Crippen molar-refractivity contribution in [1.82, 2.24) is 15.5 Å². The van der Waals surface area contributed by atoms with Gasteiger partial charge in [0.2, 0.25) is 11.7 Å². The molecule has 0 aliphatic carbocycles. The average Bonchev–Trinajstić information content (AvgIpc) is 3.21. The lowest BCUT2D eigenvalue weighted by Crippen LogP contribution is -2.32. The van der Waals surface area contributed by atoms with Gasteiger partial charge in [-0.15, -0.1) is 0 Å². The minimum Gasteiger partial charge on any atom is -0.497 e. The van der Waals surface area contributed by atoms with Crippen molar-refractivity contribution in [1.29, 1.82) is 0 Å². The van der Waals surface area contributed by atoms with E-state index in [1.54, 1.807) is 31.4 Å². The number of hydrogen-bond donors (Lipinski definition) is 1. The van der Waals surface area contributed by atoms with E-state index in [1.807, 2.05) is 13.8 Å². The van der Waals surface area contributed by atoms with Gasteiger partial charge in [-0.05, 0) is 36.2 Å². The van der Waals surface area contributed by atoms with Crippen molar-refractivity contribution in [3.63, 3.8) is 0 Å². The van der Waals surface area contributed by atoms with Crippen LogP contribution in [-0.2, 0) is 0 Å². The number of ether oxygens (including phenoxy) is 1. The number of nitro groups is 1. The summed E-state index contributed by atoms with van der Waals surface area (Å²) in [4.78, 5) is 27.4. The van der Waals surface area contributed by atoms with E-state index in [-0.39, 0.29) is 23.1 Å². The number of carbonyl (C=O) groups is 1. The zero-order valence-corrected chi connectivity index (χ0v) is 16.2. The van der Waals surface area contributed by atoms with Crippen molar-refractivity contribution in [3.8, 4) is 17.1 Å². The van der Waals surface area contributed by atoms with E-state index in [1.165, 1.54) is 24.3 Å². The van der Waals surface area contributed by atoms with Crippen molar-refractivity contribution in [2.45, 2.75) is 19.9 Å². The van der Waals surface area contributed by atoms with Crippen LogP contribution in [0.25, 0.3) is 11.4 Å². The largest absolute Gasteiger partial charge is 0.497 e. The molecule has 1 amide bonds. The number of nitrogens with zero attached hydrogens (tertiary/aromatic N) is 3. The normalized spacial score (nSPS) is 11.9. The average molecular weight is 396 g/mol. The molecule has 9 nitrogen and oxygen atoms in total. The van der Waals surface area contributed by atoms with Crippen LogP contribution in [0.2, 0.25) is 0 Å². The minimum absolute atomic E-state index is 0.0539. The van der Waals surface area contributed by atoms with Crippen LogP contribution in [-0.4, -0.2) is 28.1 Å². The van der Waals surface area contributed by atoms with E-state index < -0.39 is 16.9 Å². The summed E-state index contributed by atoms with van der Waals surface area (Å²) in [6.07, 6.45) is 0. The summed E-state index contributed by atoms with van der Waals surface area (Å²) in [5.41, 5.74) is 0.770. The van der Waals surface area contributed by atoms with Crippen molar-refractivity contribution in [3.05, 3.63) is 70.1 Å². The fourth-order valence-corrected chi connectivity index (χ4v) is 2.72. The molecule has 150 valence electrons. The number of hydrogen-bond acceptors (Lipinski definition) is 7. The predicted molar refractivity (Wildman–Crippen MR) is 104 cm³/mol. The maximum absolute atomic E-state index is 12.6. The quantitative estimate of drug-likeness (QED) is 0.476. The lowest BCUT2D eigenvalue weighted by Gasteiger charge is -2.18. The highest BCUT2D eigenvalue weighted by atomic mass is 16.6. The maximum Gasteiger partial charge on any atom is 0.270 e. The molecule has 0 saturated heterocycles. The fraction of sp³-hybridized carbons (Fsp3) is 0.250. The second kappa shape index (κ2) is 8.51. The van der Waals surface area contributed by atoms with Crippen molar-refractivity contribution >= 4 is 11.6 Å². The summed E-state index contributed by atoms with van der Waals surface area (Å²) >= 11 is 0. The molecule has 1 N–H and O–H groups in total. The highest BCUT2D eigenvalue weighted by molar-refractivity contribution is 5.95. The van der Waals surface area contributed by atoms with E-state index in [4.69, 9.17) is 9.26 Å². The molecular formula is C20H20N4O5. The molecule has 0 radical (unpaired) electrons. The Kier molecular flexibility index (Phi) is 5.87. The van der Waals surface area contributed by atoms with Crippen LogP contribution in [0.3, 0.4) is 0 Å². The monoisotopic (exact) mass is 396 g/mol. The SMILES string of the molecule is COc1ccc(-c2noc([C@H](NC(=O)c3cccc([N+](=O)[O-])c3)C(C)C)n2)cc1. The summed E-state index contributed by atoms with van der Waals surface area (Å²) in [5.74, 6) is 0.836.